The molecule has 0 amide bonds. The van der Waals surface area contributed by atoms with E-state index >= 15 is 0 Å². The van der Waals surface area contributed by atoms with Gasteiger partial charge in [-0.25, -0.2) is 9.59 Å². The van der Waals surface area contributed by atoms with Crippen molar-refractivity contribution in [3.8, 4) is 0 Å². The topological polar surface area (TPSA) is 89.9 Å². The third-order valence-corrected chi connectivity index (χ3v) is 1.25. The number of carbonyl (C=O) groups is 3. The van der Waals surface area contributed by atoms with Crippen LogP contribution in [-0.2, 0) is 19.1 Å². The van der Waals surface area contributed by atoms with Gasteiger partial charge in [0, 0.05) is 6.08 Å². The minimum atomic E-state index is -1.20. The molecule has 0 saturated carbocycles. The molecule has 0 aliphatic rings. The van der Waals surface area contributed by atoms with E-state index in [0.29, 0.717) is 0 Å². The van der Waals surface area contributed by atoms with Crippen LogP contribution in [0.3, 0.4) is 0 Å². The van der Waals surface area contributed by atoms with Gasteiger partial charge in [0.1, 0.15) is 6.10 Å². The predicted molar refractivity (Wildman–Crippen MR) is 49.1 cm³/mol. The molecule has 0 aliphatic carbocycles. The second kappa shape index (κ2) is 6.58. The van der Waals surface area contributed by atoms with Crippen LogP contribution in [0.5, 0.6) is 0 Å². The highest BCUT2D eigenvalue weighted by atomic mass is 16.7. The third kappa shape index (κ3) is 7.24. The summed E-state index contributed by atoms with van der Waals surface area (Å²) in [6, 6.07) is 0. The minimum Gasteiger partial charge on any atom is -0.481 e. The molecule has 0 fully saturated rings. The van der Waals surface area contributed by atoms with Crippen molar-refractivity contribution in [2.75, 3.05) is 0 Å². The lowest BCUT2D eigenvalue weighted by atomic mass is 10.3. The van der Waals surface area contributed by atoms with E-state index < -0.39 is 24.2 Å². The third-order valence-electron chi connectivity index (χ3n) is 1.25. The maximum atomic E-state index is 10.8. The van der Waals surface area contributed by atoms with Gasteiger partial charge in [0.25, 0.3) is 0 Å². The van der Waals surface area contributed by atoms with Gasteiger partial charge in [-0.3, -0.25) is 4.79 Å². The molecule has 6 nitrogen and oxygen atoms in total. The molecule has 0 spiro atoms. The molecule has 15 heavy (non-hydrogen) atoms. The van der Waals surface area contributed by atoms with Gasteiger partial charge in [-0.2, -0.15) is 0 Å². The number of esters is 1. The summed E-state index contributed by atoms with van der Waals surface area (Å²) in [5.41, 5.74) is 0. The lowest BCUT2D eigenvalue weighted by Crippen LogP contribution is -2.20. The van der Waals surface area contributed by atoms with Crippen LogP contribution in [-0.4, -0.2) is 29.3 Å². The summed E-state index contributed by atoms with van der Waals surface area (Å²) in [5.74, 6) is -1.96. The van der Waals surface area contributed by atoms with Crippen LogP contribution in [0.15, 0.2) is 12.2 Å². The van der Waals surface area contributed by atoms with E-state index in [1.807, 2.05) is 0 Å². The van der Waals surface area contributed by atoms with E-state index in [0.717, 1.165) is 6.08 Å². The molecule has 0 saturated heterocycles. The molecule has 84 valence electrons. The van der Waals surface area contributed by atoms with Crippen molar-refractivity contribution in [1.82, 2.24) is 0 Å². The second-order valence-electron chi connectivity index (χ2n) is 2.70. The number of rotatable bonds is 4. The highest BCUT2D eigenvalue weighted by molar-refractivity contribution is 5.89. The van der Waals surface area contributed by atoms with Crippen LogP contribution in [0.2, 0.25) is 0 Å². The molecule has 0 heterocycles. The van der Waals surface area contributed by atoms with Crippen LogP contribution in [0.1, 0.15) is 20.3 Å². The lowest BCUT2D eigenvalue weighted by molar-refractivity contribution is -0.139. The van der Waals surface area contributed by atoms with Crippen LogP contribution in [0, 0.1) is 0 Å². The summed E-state index contributed by atoms with van der Waals surface area (Å²) in [5, 5.41) is 8.35. The number of ether oxygens (including phenoxy) is 2. The molecule has 0 rings (SSSR count). The molecule has 0 aromatic heterocycles. The molecule has 0 aliphatic heterocycles. The van der Waals surface area contributed by atoms with Gasteiger partial charge in [-0.05, 0) is 13.8 Å². The van der Waals surface area contributed by atoms with Gasteiger partial charge in [-0.15, -0.1) is 0 Å². The van der Waals surface area contributed by atoms with E-state index in [1.165, 1.54) is 13.0 Å². The molecule has 1 atom stereocenters. The summed E-state index contributed by atoms with van der Waals surface area (Å²) in [6.07, 6.45) is 0.0621. The number of hydrogen-bond donors (Lipinski definition) is 1. The Morgan fingerprint density at radius 3 is 2.47 bits per heavy atom. The average Bonchev–Trinajstić information content (AvgIpc) is 2.00. The van der Waals surface area contributed by atoms with Crippen molar-refractivity contribution in [3.63, 3.8) is 0 Å². The first kappa shape index (κ1) is 13.2. The fourth-order valence-electron chi connectivity index (χ4n) is 0.728. The van der Waals surface area contributed by atoms with Gasteiger partial charge < -0.3 is 14.6 Å². The Balaban J connectivity index is 3.93. The summed E-state index contributed by atoms with van der Waals surface area (Å²) in [6.45, 7) is 2.97. The van der Waals surface area contributed by atoms with E-state index in [4.69, 9.17) is 5.11 Å². The normalized spacial score (nSPS) is 12.1. The Kier molecular flexibility index (Phi) is 5.77. The highest BCUT2D eigenvalue weighted by Gasteiger charge is 2.15. The monoisotopic (exact) mass is 216 g/mol. The van der Waals surface area contributed by atoms with E-state index in [-0.39, 0.29) is 6.42 Å². The van der Waals surface area contributed by atoms with Crippen LogP contribution < -0.4 is 0 Å². The molecule has 6 heteroatoms. The van der Waals surface area contributed by atoms with Crippen molar-refractivity contribution in [3.05, 3.63) is 12.2 Å². The molecule has 1 N–H and O–H groups in total. The Morgan fingerprint density at radius 2 is 2.00 bits per heavy atom. The largest absolute Gasteiger partial charge is 0.516 e. The minimum absolute atomic E-state index is 0.340. The number of hydrogen-bond acceptors (Lipinski definition) is 5. The van der Waals surface area contributed by atoms with Gasteiger partial charge >= 0.3 is 18.1 Å². The number of carboxylic acid groups (broad SMARTS) is 1. The quantitative estimate of drug-likeness (QED) is 0.430. The molecule has 0 bridgehead atoms. The maximum Gasteiger partial charge on any atom is 0.516 e. The summed E-state index contributed by atoms with van der Waals surface area (Å²) >= 11 is 0. The van der Waals surface area contributed by atoms with Crippen LogP contribution in [0.25, 0.3) is 0 Å². The van der Waals surface area contributed by atoms with E-state index in [9.17, 15) is 14.4 Å². The van der Waals surface area contributed by atoms with Crippen molar-refractivity contribution in [2.45, 2.75) is 26.4 Å². The molecular weight excluding hydrogens is 204 g/mol. The van der Waals surface area contributed by atoms with E-state index in [1.54, 1.807) is 6.92 Å². The van der Waals surface area contributed by atoms with Crippen molar-refractivity contribution < 1.29 is 29.0 Å². The van der Waals surface area contributed by atoms with Crippen molar-refractivity contribution in [2.24, 2.45) is 0 Å². The van der Waals surface area contributed by atoms with Gasteiger partial charge in [0.05, 0.1) is 6.42 Å². The fourth-order valence-corrected chi connectivity index (χ4v) is 0.728. The Bertz CT molecular complexity index is 280. The molecule has 0 aromatic carbocycles. The zero-order valence-electron chi connectivity index (χ0n) is 8.43. The first-order valence-electron chi connectivity index (χ1n) is 4.22. The molecular formula is C9H12O6. The SMILES string of the molecule is CC=CC(=O)OC(=O)OC(C)CC(=O)O. The Morgan fingerprint density at radius 1 is 1.40 bits per heavy atom. The smallest absolute Gasteiger partial charge is 0.481 e. The molecule has 0 radical (unpaired) electrons. The number of aliphatic carboxylic acids is 1. The highest BCUT2D eigenvalue weighted by Crippen LogP contribution is 2.00. The Labute approximate surface area is 86.5 Å². The second-order valence-corrected chi connectivity index (χ2v) is 2.70. The fraction of sp³-hybridized carbons (Fsp3) is 0.444. The zero-order valence-corrected chi connectivity index (χ0v) is 8.43. The van der Waals surface area contributed by atoms with Crippen molar-refractivity contribution >= 4 is 18.1 Å². The van der Waals surface area contributed by atoms with E-state index in [2.05, 4.69) is 9.47 Å². The first-order chi connectivity index (χ1) is 6.95. The summed E-state index contributed by atoms with van der Waals surface area (Å²) in [4.78, 5) is 31.8. The van der Waals surface area contributed by atoms with Gasteiger partial charge in [0.2, 0.25) is 0 Å². The molecule has 0 aromatic rings. The lowest BCUT2D eigenvalue weighted by Gasteiger charge is -2.08. The predicted octanol–water partition coefficient (Wildman–Crippen LogP) is 1.11. The van der Waals surface area contributed by atoms with Gasteiger partial charge in [0.15, 0.2) is 0 Å². The average molecular weight is 216 g/mol. The maximum absolute atomic E-state index is 10.8. The van der Waals surface area contributed by atoms with Crippen LogP contribution in [0.4, 0.5) is 4.79 Å². The first-order valence-corrected chi connectivity index (χ1v) is 4.22. The number of allylic oxidation sites excluding steroid dienone is 1. The summed E-state index contributed by atoms with van der Waals surface area (Å²) in [7, 11) is 0. The van der Waals surface area contributed by atoms with Crippen LogP contribution >= 0.6 is 0 Å². The van der Waals surface area contributed by atoms with Gasteiger partial charge in [-0.1, -0.05) is 6.08 Å². The van der Waals surface area contributed by atoms with Crippen molar-refractivity contribution in [1.29, 1.82) is 0 Å². The summed E-state index contributed by atoms with van der Waals surface area (Å²) < 4.78 is 8.64. The molecule has 1 unspecified atom stereocenters. The standard InChI is InChI=1S/C9H12O6/c1-3-4-8(12)15-9(13)14-6(2)5-7(10)11/h3-4,6H,5H2,1-2H3,(H,10,11). The number of carbonyl (C=O) groups excluding carboxylic acids is 2. The zero-order chi connectivity index (χ0) is 11.8. The Hall–Kier alpha value is -1.85. The number of carboxylic acids is 1.